The Morgan fingerprint density at radius 2 is 1.04 bits per heavy atom. The quantitative estimate of drug-likeness (QED) is 0.184. The Bertz CT molecular complexity index is 2820. The third-order valence-electron chi connectivity index (χ3n) is 11.5. The first-order valence-corrected chi connectivity index (χ1v) is 18.7. The van der Waals surface area contributed by atoms with Crippen molar-refractivity contribution in [3.63, 3.8) is 0 Å². The summed E-state index contributed by atoms with van der Waals surface area (Å²) in [6.07, 6.45) is 6.41. The molecule has 0 saturated heterocycles. The van der Waals surface area contributed by atoms with Crippen molar-refractivity contribution >= 4 is 22.0 Å². The number of hydrogen-bond acceptors (Lipinski definition) is 3. The number of aromatic nitrogens is 2. The predicted octanol–water partition coefficient (Wildman–Crippen LogP) is 12.7. The average Bonchev–Trinajstić information content (AvgIpc) is 3.54. The minimum Gasteiger partial charge on any atom is -0.457 e. The smallest absolute Gasteiger partial charge is 0.160 e. The molecule has 54 heavy (non-hydrogen) atoms. The molecule has 0 saturated carbocycles. The van der Waals surface area contributed by atoms with Gasteiger partial charge in [0.2, 0.25) is 0 Å². The summed E-state index contributed by atoms with van der Waals surface area (Å²) in [7, 11) is 0. The highest BCUT2D eigenvalue weighted by molar-refractivity contribution is 5.93. The number of para-hydroxylation sites is 2. The zero-order valence-electron chi connectivity index (χ0n) is 29.5. The Labute approximate surface area is 314 Å². The van der Waals surface area contributed by atoms with Gasteiger partial charge in [-0.3, -0.25) is 0 Å². The first-order chi connectivity index (χ1) is 26.8. The van der Waals surface area contributed by atoms with E-state index in [2.05, 4.69) is 182 Å². The van der Waals surface area contributed by atoms with Gasteiger partial charge in [-0.25, -0.2) is 9.97 Å². The maximum absolute atomic E-state index is 6.80. The molecule has 1 spiro atoms. The van der Waals surface area contributed by atoms with Crippen molar-refractivity contribution in [1.29, 1.82) is 0 Å². The molecule has 0 fully saturated rings. The van der Waals surface area contributed by atoms with Gasteiger partial charge in [0.15, 0.2) is 5.82 Å². The molecule has 2 aliphatic carbocycles. The topological polar surface area (TPSA) is 35.0 Å². The van der Waals surface area contributed by atoms with Crippen LogP contribution in [0.25, 0.3) is 55.7 Å². The number of ether oxygens (including phenoxy) is 1. The van der Waals surface area contributed by atoms with Crippen molar-refractivity contribution < 1.29 is 4.74 Å². The summed E-state index contributed by atoms with van der Waals surface area (Å²) in [4.78, 5) is 10.4. The second-order valence-corrected chi connectivity index (χ2v) is 14.4. The summed E-state index contributed by atoms with van der Waals surface area (Å²) >= 11 is 0. The van der Waals surface area contributed by atoms with Gasteiger partial charge in [-0.1, -0.05) is 158 Å². The van der Waals surface area contributed by atoms with Crippen LogP contribution >= 0.6 is 0 Å². The van der Waals surface area contributed by atoms with Crippen LogP contribution in [0.4, 0.5) is 0 Å². The van der Waals surface area contributed by atoms with E-state index >= 15 is 0 Å². The van der Waals surface area contributed by atoms with E-state index in [1.54, 1.807) is 0 Å². The van der Waals surface area contributed by atoms with Crippen LogP contribution in [0, 0.1) is 0 Å². The first kappa shape index (κ1) is 30.8. The molecular formula is C51H34N2O. The van der Waals surface area contributed by atoms with Crippen LogP contribution < -0.4 is 4.74 Å². The molecule has 0 atom stereocenters. The predicted molar refractivity (Wildman–Crippen MR) is 219 cm³/mol. The highest BCUT2D eigenvalue weighted by atomic mass is 16.5. The number of nitrogens with zero attached hydrogens (tertiary/aromatic N) is 2. The zero-order chi connectivity index (χ0) is 35.6. The van der Waals surface area contributed by atoms with Crippen LogP contribution in [0.3, 0.4) is 0 Å². The molecule has 8 aromatic rings. The molecule has 0 bridgehead atoms. The summed E-state index contributed by atoms with van der Waals surface area (Å²) in [5.41, 5.74) is 16.0. The third kappa shape index (κ3) is 4.61. The SMILES string of the molecule is C1=C(c2ccccc2)CCC(c2nc(-c3cccc(-c4ccc5c(c4)Oc4ccccc4C54c5ccccc5-c5ccccc54)c3)nc3ccccc23)=C1. The Morgan fingerprint density at radius 1 is 0.426 bits per heavy atom. The van der Waals surface area contributed by atoms with E-state index in [1.807, 2.05) is 0 Å². The summed E-state index contributed by atoms with van der Waals surface area (Å²) in [5, 5.41) is 1.08. The molecule has 2 heterocycles. The highest BCUT2D eigenvalue weighted by Gasteiger charge is 2.50. The number of benzene rings is 7. The van der Waals surface area contributed by atoms with Gasteiger partial charge < -0.3 is 4.74 Å². The summed E-state index contributed by atoms with van der Waals surface area (Å²) in [5.74, 6) is 2.49. The number of allylic oxidation sites excluding steroid dienone is 4. The second-order valence-electron chi connectivity index (χ2n) is 14.4. The van der Waals surface area contributed by atoms with E-state index < -0.39 is 5.41 Å². The third-order valence-corrected chi connectivity index (χ3v) is 11.5. The maximum atomic E-state index is 6.80. The molecule has 1 aromatic heterocycles. The second kappa shape index (κ2) is 12.1. The van der Waals surface area contributed by atoms with Gasteiger partial charge in [0, 0.05) is 22.1 Å². The Hall–Kier alpha value is -6.84. The molecule has 11 rings (SSSR count). The van der Waals surface area contributed by atoms with E-state index in [9.17, 15) is 0 Å². The minimum absolute atomic E-state index is 0.474. The van der Waals surface area contributed by atoms with E-state index in [0.29, 0.717) is 0 Å². The van der Waals surface area contributed by atoms with Crippen molar-refractivity contribution in [1.82, 2.24) is 9.97 Å². The first-order valence-electron chi connectivity index (χ1n) is 18.7. The van der Waals surface area contributed by atoms with Crippen LogP contribution in [0.15, 0.2) is 182 Å². The molecule has 0 unspecified atom stereocenters. The summed E-state index contributed by atoms with van der Waals surface area (Å²) in [6.45, 7) is 0. The van der Waals surface area contributed by atoms with Crippen molar-refractivity contribution in [3.8, 4) is 45.1 Å². The monoisotopic (exact) mass is 690 g/mol. The van der Waals surface area contributed by atoms with Crippen LogP contribution in [-0.2, 0) is 5.41 Å². The molecule has 0 amide bonds. The maximum Gasteiger partial charge on any atom is 0.160 e. The van der Waals surface area contributed by atoms with Crippen molar-refractivity contribution in [2.24, 2.45) is 0 Å². The molecule has 7 aromatic carbocycles. The van der Waals surface area contributed by atoms with Gasteiger partial charge in [0.1, 0.15) is 11.5 Å². The molecule has 0 N–H and O–H groups in total. The fourth-order valence-electron chi connectivity index (χ4n) is 9.06. The van der Waals surface area contributed by atoms with Crippen molar-refractivity contribution in [2.45, 2.75) is 18.3 Å². The highest BCUT2D eigenvalue weighted by Crippen LogP contribution is 2.62. The molecule has 3 heteroatoms. The fraction of sp³-hybridized carbons (Fsp3) is 0.0588. The molecule has 0 radical (unpaired) electrons. The number of fused-ring (bicyclic) bond motifs is 10. The summed E-state index contributed by atoms with van der Waals surface area (Å²) in [6, 6.07) is 60.6. The Balaban J connectivity index is 1.02. The van der Waals surface area contributed by atoms with Gasteiger partial charge in [-0.15, -0.1) is 0 Å². The lowest BCUT2D eigenvalue weighted by Crippen LogP contribution is -2.32. The van der Waals surface area contributed by atoms with E-state index in [1.165, 1.54) is 44.5 Å². The Kier molecular flexibility index (Phi) is 6.90. The van der Waals surface area contributed by atoms with E-state index in [0.717, 1.165) is 69.0 Å². The number of hydrogen-bond donors (Lipinski definition) is 0. The fourth-order valence-corrected chi connectivity index (χ4v) is 9.06. The molecule has 254 valence electrons. The largest absolute Gasteiger partial charge is 0.457 e. The van der Waals surface area contributed by atoms with Crippen LogP contribution in [0.5, 0.6) is 11.5 Å². The van der Waals surface area contributed by atoms with E-state index in [4.69, 9.17) is 14.7 Å². The van der Waals surface area contributed by atoms with Gasteiger partial charge in [0.05, 0.1) is 16.6 Å². The lowest BCUT2D eigenvalue weighted by Gasteiger charge is -2.39. The van der Waals surface area contributed by atoms with E-state index in [-0.39, 0.29) is 0 Å². The van der Waals surface area contributed by atoms with Crippen LogP contribution in [-0.4, -0.2) is 9.97 Å². The zero-order valence-corrected chi connectivity index (χ0v) is 29.5. The molecule has 1 aliphatic heterocycles. The Morgan fingerprint density at radius 3 is 1.83 bits per heavy atom. The standard InChI is InChI=1S/C51H34N2O/c1-2-13-33(14-3-1)34-25-27-35(28-26-34)49-41-19-6-10-23-46(41)52-50(53-49)38-16-12-15-36(31-38)37-29-30-45-48(32-37)54-47-24-11-9-22-44(47)51(45)42-20-7-4-17-39(42)40-18-5-8-21-43(40)51/h1-25,27,29-32H,26,28H2. The van der Waals surface area contributed by atoms with Gasteiger partial charge >= 0.3 is 0 Å². The lowest BCUT2D eigenvalue weighted by atomic mass is 9.66. The van der Waals surface area contributed by atoms with Crippen molar-refractivity contribution in [3.05, 3.63) is 216 Å². The van der Waals surface area contributed by atoms with Gasteiger partial charge in [-0.2, -0.15) is 0 Å². The van der Waals surface area contributed by atoms with Crippen molar-refractivity contribution in [2.75, 3.05) is 0 Å². The minimum atomic E-state index is -0.474. The molecule has 3 aliphatic rings. The normalized spacial score (nSPS) is 14.7. The molecular weight excluding hydrogens is 657 g/mol. The number of rotatable bonds is 4. The summed E-state index contributed by atoms with van der Waals surface area (Å²) < 4.78 is 6.80. The van der Waals surface area contributed by atoms with Crippen LogP contribution in [0.1, 0.15) is 46.4 Å². The average molecular weight is 691 g/mol. The molecule has 3 nitrogen and oxygen atoms in total. The lowest BCUT2D eigenvalue weighted by molar-refractivity contribution is 0.436. The van der Waals surface area contributed by atoms with Gasteiger partial charge in [-0.05, 0) is 87.2 Å². The van der Waals surface area contributed by atoms with Gasteiger partial charge in [0.25, 0.3) is 0 Å². The van der Waals surface area contributed by atoms with Crippen LogP contribution in [0.2, 0.25) is 0 Å².